The fraction of sp³-hybridized carbons (Fsp3) is 1.00. The van der Waals surface area contributed by atoms with E-state index in [0.29, 0.717) is 12.0 Å². The quantitative estimate of drug-likeness (QED) is 0.559. The second-order valence-corrected chi connectivity index (χ2v) is 4.71. The van der Waals surface area contributed by atoms with Crippen molar-refractivity contribution in [1.29, 1.82) is 0 Å². The molecule has 1 fully saturated rings. The van der Waals surface area contributed by atoms with Gasteiger partial charge >= 0.3 is 0 Å². The van der Waals surface area contributed by atoms with E-state index < -0.39 is 0 Å². The third-order valence-electron chi connectivity index (χ3n) is 3.31. The molecule has 0 amide bonds. The molecular formula is C12H25NO. The van der Waals surface area contributed by atoms with Crippen molar-refractivity contribution in [3.8, 4) is 0 Å². The lowest BCUT2D eigenvalue weighted by atomic mass is 10.0. The standard InChI is InChI=1S/C12H25NO/c1-2-3-4-5-9-13-11-12(6-7-12)8-10-14/h13-14H,2-11H2,1H3. The van der Waals surface area contributed by atoms with Crippen LogP contribution in [0.4, 0.5) is 0 Å². The van der Waals surface area contributed by atoms with Crippen molar-refractivity contribution >= 4 is 0 Å². The summed E-state index contributed by atoms with van der Waals surface area (Å²) in [6.07, 6.45) is 8.97. The summed E-state index contributed by atoms with van der Waals surface area (Å²) >= 11 is 0. The van der Waals surface area contributed by atoms with Crippen LogP contribution in [0.25, 0.3) is 0 Å². The van der Waals surface area contributed by atoms with E-state index in [2.05, 4.69) is 12.2 Å². The highest BCUT2D eigenvalue weighted by Crippen LogP contribution is 2.47. The van der Waals surface area contributed by atoms with E-state index in [9.17, 15) is 0 Å². The van der Waals surface area contributed by atoms with Crippen molar-refractivity contribution in [3.63, 3.8) is 0 Å². The van der Waals surface area contributed by atoms with Gasteiger partial charge in [-0.2, -0.15) is 0 Å². The van der Waals surface area contributed by atoms with Crippen LogP contribution < -0.4 is 5.32 Å². The van der Waals surface area contributed by atoms with E-state index in [0.717, 1.165) is 19.5 Å². The second-order valence-electron chi connectivity index (χ2n) is 4.71. The largest absolute Gasteiger partial charge is 0.396 e. The molecule has 0 radical (unpaired) electrons. The maximum atomic E-state index is 8.89. The summed E-state index contributed by atoms with van der Waals surface area (Å²) < 4.78 is 0. The zero-order valence-electron chi connectivity index (χ0n) is 9.52. The molecule has 0 atom stereocenters. The number of hydrogen-bond acceptors (Lipinski definition) is 2. The SMILES string of the molecule is CCCCCCNCC1(CCO)CC1. The highest BCUT2D eigenvalue weighted by Gasteiger charge is 2.40. The normalized spacial score (nSPS) is 18.4. The smallest absolute Gasteiger partial charge is 0.0436 e. The number of aliphatic hydroxyl groups excluding tert-OH is 1. The van der Waals surface area contributed by atoms with Gasteiger partial charge in [0, 0.05) is 13.2 Å². The first-order valence-electron chi connectivity index (χ1n) is 6.14. The van der Waals surface area contributed by atoms with Gasteiger partial charge in [-0.25, -0.2) is 0 Å². The van der Waals surface area contributed by atoms with Gasteiger partial charge in [-0.05, 0) is 37.6 Å². The van der Waals surface area contributed by atoms with Gasteiger partial charge in [0.1, 0.15) is 0 Å². The Kier molecular flexibility index (Phi) is 5.49. The van der Waals surface area contributed by atoms with Crippen LogP contribution in [0.1, 0.15) is 51.9 Å². The molecule has 0 aromatic carbocycles. The summed E-state index contributed by atoms with van der Waals surface area (Å²) in [5.74, 6) is 0. The molecule has 0 aliphatic heterocycles. The molecule has 14 heavy (non-hydrogen) atoms. The molecule has 0 bridgehead atoms. The minimum atomic E-state index is 0.359. The van der Waals surface area contributed by atoms with Crippen molar-refractivity contribution in [2.24, 2.45) is 5.41 Å². The van der Waals surface area contributed by atoms with Crippen molar-refractivity contribution < 1.29 is 5.11 Å². The Morgan fingerprint density at radius 2 is 2.00 bits per heavy atom. The monoisotopic (exact) mass is 199 g/mol. The highest BCUT2D eigenvalue weighted by atomic mass is 16.3. The number of aliphatic hydroxyl groups is 1. The minimum absolute atomic E-state index is 0.359. The summed E-state index contributed by atoms with van der Waals surface area (Å²) in [6.45, 7) is 4.89. The van der Waals surface area contributed by atoms with Crippen LogP contribution >= 0.6 is 0 Å². The summed E-state index contributed by atoms with van der Waals surface area (Å²) in [7, 11) is 0. The predicted molar refractivity (Wildman–Crippen MR) is 60.4 cm³/mol. The van der Waals surface area contributed by atoms with Crippen molar-refractivity contribution in [2.75, 3.05) is 19.7 Å². The van der Waals surface area contributed by atoms with Crippen LogP contribution in [-0.2, 0) is 0 Å². The molecule has 0 unspecified atom stereocenters. The van der Waals surface area contributed by atoms with Gasteiger partial charge < -0.3 is 10.4 Å². The number of hydrogen-bond donors (Lipinski definition) is 2. The maximum Gasteiger partial charge on any atom is 0.0436 e. The third kappa shape index (κ3) is 4.43. The summed E-state index contributed by atoms with van der Waals surface area (Å²) in [5, 5.41) is 12.4. The molecule has 2 heteroatoms. The van der Waals surface area contributed by atoms with Crippen molar-refractivity contribution in [2.45, 2.75) is 51.9 Å². The molecule has 1 rings (SSSR count). The fourth-order valence-corrected chi connectivity index (χ4v) is 1.96. The molecule has 1 saturated carbocycles. The molecule has 0 saturated heterocycles. The number of nitrogens with one attached hydrogen (secondary N) is 1. The molecule has 0 aromatic heterocycles. The molecule has 2 nitrogen and oxygen atoms in total. The number of unbranched alkanes of at least 4 members (excludes halogenated alkanes) is 3. The Morgan fingerprint density at radius 1 is 1.21 bits per heavy atom. The summed E-state index contributed by atoms with van der Waals surface area (Å²) in [5.41, 5.74) is 0.486. The molecular weight excluding hydrogens is 174 g/mol. The van der Waals surface area contributed by atoms with Gasteiger partial charge in [-0.15, -0.1) is 0 Å². The average Bonchev–Trinajstić information content (AvgIpc) is 2.93. The minimum Gasteiger partial charge on any atom is -0.396 e. The zero-order chi connectivity index (χ0) is 10.3. The van der Waals surface area contributed by atoms with Crippen LogP contribution in [-0.4, -0.2) is 24.8 Å². The molecule has 2 N–H and O–H groups in total. The van der Waals surface area contributed by atoms with E-state index in [4.69, 9.17) is 5.11 Å². The van der Waals surface area contributed by atoms with Crippen molar-refractivity contribution in [1.82, 2.24) is 5.32 Å². The lowest BCUT2D eigenvalue weighted by molar-refractivity contribution is 0.245. The lowest BCUT2D eigenvalue weighted by Crippen LogP contribution is -2.25. The molecule has 84 valence electrons. The van der Waals surface area contributed by atoms with E-state index in [1.54, 1.807) is 0 Å². The van der Waals surface area contributed by atoms with E-state index in [-0.39, 0.29) is 0 Å². The Balaban J connectivity index is 1.88. The molecule has 0 heterocycles. The van der Waals surface area contributed by atoms with Gasteiger partial charge in [0.15, 0.2) is 0 Å². The van der Waals surface area contributed by atoms with E-state index in [1.807, 2.05) is 0 Å². The first kappa shape index (κ1) is 12.0. The fourth-order valence-electron chi connectivity index (χ4n) is 1.96. The lowest BCUT2D eigenvalue weighted by Gasteiger charge is -2.14. The van der Waals surface area contributed by atoms with Gasteiger partial charge in [0.05, 0.1) is 0 Å². The van der Waals surface area contributed by atoms with Crippen molar-refractivity contribution in [3.05, 3.63) is 0 Å². The summed E-state index contributed by atoms with van der Waals surface area (Å²) in [4.78, 5) is 0. The van der Waals surface area contributed by atoms with Gasteiger partial charge in [-0.3, -0.25) is 0 Å². The first-order valence-corrected chi connectivity index (χ1v) is 6.14. The van der Waals surface area contributed by atoms with Gasteiger partial charge in [0.25, 0.3) is 0 Å². The summed E-state index contributed by atoms with van der Waals surface area (Å²) in [6, 6.07) is 0. The van der Waals surface area contributed by atoms with Crippen LogP contribution in [0.3, 0.4) is 0 Å². The highest BCUT2D eigenvalue weighted by molar-refractivity contribution is 4.94. The Hall–Kier alpha value is -0.0800. The van der Waals surface area contributed by atoms with Gasteiger partial charge in [-0.1, -0.05) is 26.2 Å². The topological polar surface area (TPSA) is 32.3 Å². The van der Waals surface area contributed by atoms with Crippen LogP contribution in [0, 0.1) is 5.41 Å². The van der Waals surface area contributed by atoms with Crippen LogP contribution in [0.5, 0.6) is 0 Å². The molecule has 1 aliphatic carbocycles. The Bertz CT molecular complexity index is 143. The van der Waals surface area contributed by atoms with Crippen LogP contribution in [0.15, 0.2) is 0 Å². The third-order valence-corrected chi connectivity index (χ3v) is 3.31. The van der Waals surface area contributed by atoms with Gasteiger partial charge in [0.2, 0.25) is 0 Å². The Morgan fingerprint density at radius 3 is 2.57 bits per heavy atom. The molecule has 0 aromatic rings. The van der Waals surface area contributed by atoms with E-state index in [1.165, 1.54) is 38.5 Å². The zero-order valence-corrected chi connectivity index (χ0v) is 9.52. The Labute approximate surface area is 88.1 Å². The van der Waals surface area contributed by atoms with E-state index >= 15 is 0 Å². The molecule has 0 spiro atoms. The second kappa shape index (κ2) is 6.41. The van der Waals surface area contributed by atoms with Crippen LogP contribution in [0.2, 0.25) is 0 Å². The number of rotatable bonds is 9. The molecule has 1 aliphatic rings. The average molecular weight is 199 g/mol. The predicted octanol–water partition coefficient (Wildman–Crippen LogP) is 2.32. The first-order chi connectivity index (χ1) is 6.83. The maximum absolute atomic E-state index is 8.89.